The highest BCUT2D eigenvalue weighted by Gasteiger charge is 2.49. The Kier molecular flexibility index (Phi) is 4.25. The minimum atomic E-state index is -0.722. The largest absolute Gasteiger partial charge is 0.367 e. The Morgan fingerprint density at radius 3 is 2.09 bits per heavy atom. The Hall–Kier alpha value is -0.120. The van der Waals surface area contributed by atoms with Crippen LogP contribution >= 0.6 is 0 Å². The summed E-state index contributed by atoms with van der Waals surface area (Å²) in [6, 6.07) is 0. The molecule has 22 heavy (non-hydrogen) atoms. The summed E-state index contributed by atoms with van der Waals surface area (Å²) in [7, 11) is 0. The fourth-order valence-electron chi connectivity index (χ4n) is 5.93. The first-order valence-corrected chi connectivity index (χ1v) is 9.61. The third-order valence-electron chi connectivity index (χ3n) is 7.30. The van der Waals surface area contributed by atoms with E-state index in [1.54, 1.807) is 0 Å². The van der Waals surface area contributed by atoms with Crippen LogP contribution in [0.3, 0.4) is 0 Å². The topological polar surface area (TPSA) is 38.7 Å². The summed E-state index contributed by atoms with van der Waals surface area (Å²) in [4.78, 5) is 0. The lowest BCUT2D eigenvalue weighted by molar-refractivity contribution is -0.332. The Morgan fingerprint density at radius 2 is 1.59 bits per heavy atom. The van der Waals surface area contributed by atoms with Gasteiger partial charge in [-0.2, -0.15) is 0 Å². The van der Waals surface area contributed by atoms with E-state index < -0.39 is 11.9 Å². The van der Waals surface area contributed by atoms with Crippen molar-refractivity contribution in [1.29, 1.82) is 0 Å². The quantitative estimate of drug-likeness (QED) is 0.863. The molecule has 0 aromatic heterocycles. The van der Waals surface area contributed by atoms with Gasteiger partial charge in [-0.25, -0.2) is 0 Å². The maximum Gasteiger partial charge on any atom is 0.186 e. The maximum atomic E-state index is 9.81. The molecule has 6 unspecified atom stereocenters. The molecule has 6 atom stereocenters. The first kappa shape index (κ1) is 15.4. The first-order valence-electron chi connectivity index (χ1n) is 9.61. The molecule has 3 saturated carbocycles. The van der Waals surface area contributed by atoms with Crippen molar-refractivity contribution < 1.29 is 14.6 Å². The minimum Gasteiger partial charge on any atom is -0.367 e. The summed E-state index contributed by atoms with van der Waals surface area (Å²) < 4.78 is 11.4. The van der Waals surface area contributed by atoms with Crippen LogP contribution in [0.5, 0.6) is 0 Å². The minimum absolute atomic E-state index is 0.453. The van der Waals surface area contributed by atoms with Crippen molar-refractivity contribution in [3.8, 4) is 0 Å². The second kappa shape index (κ2) is 6.07. The third-order valence-corrected chi connectivity index (χ3v) is 7.30. The predicted octanol–water partition coefficient (Wildman–Crippen LogP) is 3.74. The molecule has 1 heterocycles. The van der Waals surface area contributed by atoms with E-state index in [4.69, 9.17) is 9.47 Å². The zero-order valence-corrected chi connectivity index (χ0v) is 14.0. The fourth-order valence-corrected chi connectivity index (χ4v) is 5.93. The molecule has 0 aromatic carbocycles. The van der Waals surface area contributed by atoms with E-state index in [0.717, 1.165) is 36.2 Å². The third kappa shape index (κ3) is 2.63. The number of ether oxygens (including phenoxy) is 2. The van der Waals surface area contributed by atoms with Crippen LogP contribution in [0.25, 0.3) is 0 Å². The van der Waals surface area contributed by atoms with Crippen molar-refractivity contribution in [2.24, 2.45) is 29.6 Å². The molecule has 0 radical (unpaired) electrons. The molecule has 4 aliphatic rings. The van der Waals surface area contributed by atoms with Crippen LogP contribution in [0.1, 0.15) is 64.7 Å². The summed E-state index contributed by atoms with van der Waals surface area (Å²) in [6.07, 6.45) is 12.2. The summed E-state index contributed by atoms with van der Waals surface area (Å²) in [5.74, 6) is 4.41. The van der Waals surface area contributed by atoms with E-state index in [0.29, 0.717) is 6.61 Å². The highest BCUT2D eigenvalue weighted by atomic mass is 16.7. The van der Waals surface area contributed by atoms with Crippen LogP contribution in [-0.4, -0.2) is 30.2 Å². The van der Waals surface area contributed by atoms with E-state index in [9.17, 15) is 5.11 Å². The zero-order chi connectivity index (χ0) is 15.2. The normalized spacial score (nSPS) is 51.5. The molecule has 1 aliphatic heterocycles. The number of hydrogen-bond acceptors (Lipinski definition) is 3. The number of fused-ring (bicyclic) bond motifs is 2. The highest BCUT2D eigenvalue weighted by Crippen LogP contribution is 2.53. The average molecular weight is 308 g/mol. The van der Waals surface area contributed by atoms with E-state index in [2.05, 4.69) is 0 Å². The van der Waals surface area contributed by atoms with Crippen molar-refractivity contribution in [2.45, 2.75) is 76.6 Å². The molecule has 4 fully saturated rings. The van der Waals surface area contributed by atoms with E-state index in [-0.39, 0.29) is 0 Å². The summed E-state index contributed by atoms with van der Waals surface area (Å²) in [5.41, 5.74) is -0.453. The van der Waals surface area contributed by atoms with Gasteiger partial charge in [0.2, 0.25) is 0 Å². The van der Waals surface area contributed by atoms with Crippen molar-refractivity contribution in [1.82, 2.24) is 0 Å². The van der Waals surface area contributed by atoms with Gasteiger partial charge in [-0.15, -0.1) is 0 Å². The Balaban J connectivity index is 1.47. The number of rotatable bonds is 3. The average Bonchev–Trinajstić information content (AvgIpc) is 2.57. The Bertz CT molecular complexity index is 376. The van der Waals surface area contributed by atoms with Gasteiger partial charge in [-0.1, -0.05) is 38.5 Å². The lowest BCUT2D eigenvalue weighted by Crippen LogP contribution is -2.59. The fraction of sp³-hybridized carbons (Fsp3) is 1.00. The second-order valence-corrected chi connectivity index (χ2v) is 8.60. The smallest absolute Gasteiger partial charge is 0.186 e. The molecule has 0 amide bonds. The van der Waals surface area contributed by atoms with Gasteiger partial charge in [0, 0.05) is 0 Å². The molecule has 1 saturated heterocycles. The van der Waals surface area contributed by atoms with Crippen LogP contribution in [0.2, 0.25) is 0 Å². The van der Waals surface area contributed by atoms with E-state index in [1.165, 1.54) is 57.8 Å². The molecule has 3 heteroatoms. The lowest BCUT2D eigenvalue weighted by Gasteiger charge is -2.52. The summed E-state index contributed by atoms with van der Waals surface area (Å²) >= 11 is 0. The van der Waals surface area contributed by atoms with Crippen molar-refractivity contribution >= 4 is 0 Å². The van der Waals surface area contributed by atoms with Gasteiger partial charge in [-0.05, 0) is 55.8 Å². The maximum absolute atomic E-state index is 9.81. The van der Waals surface area contributed by atoms with E-state index >= 15 is 0 Å². The Morgan fingerprint density at radius 1 is 1.00 bits per heavy atom. The second-order valence-electron chi connectivity index (χ2n) is 8.60. The molecular weight excluding hydrogens is 276 g/mol. The first-order chi connectivity index (χ1) is 10.7. The van der Waals surface area contributed by atoms with Crippen LogP contribution < -0.4 is 0 Å². The van der Waals surface area contributed by atoms with Crippen LogP contribution in [0.15, 0.2) is 0 Å². The molecule has 126 valence electrons. The monoisotopic (exact) mass is 308 g/mol. The molecular formula is C19H32O3. The standard InChI is InChI=1S/C19H32O3/c1-19(12-21-18(19)20)22-11-17-15-8-4-2-6-13(15)10-14-7-3-5-9-16(14)17/h13-18,20H,2-12H2,1H3. The van der Waals surface area contributed by atoms with Gasteiger partial charge in [0.25, 0.3) is 0 Å². The van der Waals surface area contributed by atoms with Crippen molar-refractivity contribution in [3.05, 3.63) is 0 Å². The highest BCUT2D eigenvalue weighted by molar-refractivity contribution is 4.96. The molecule has 3 aliphatic carbocycles. The van der Waals surface area contributed by atoms with Gasteiger partial charge in [0.15, 0.2) is 6.29 Å². The van der Waals surface area contributed by atoms with Crippen LogP contribution in [0.4, 0.5) is 0 Å². The summed E-state index contributed by atoms with van der Waals surface area (Å²) in [6.45, 7) is 3.39. The Labute approximate surface area is 134 Å². The number of hydrogen-bond donors (Lipinski definition) is 1. The molecule has 3 nitrogen and oxygen atoms in total. The van der Waals surface area contributed by atoms with Crippen molar-refractivity contribution in [3.63, 3.8) is 0 Å². The molecule has 4 rings (SSSR count). The van der Waals surface area contributed by atoms with Crippen LogP contribution in [0, 0.1) is 29.6 Å². The number of aliphatic hydroxyl groups excluding tert-OH is 1. The van der Waals surface area contributed by atoms with Gasteiger partial charge in [0.1, 0.15) is 5.60 Å². The van der Waals surface area contributed by atoms with Gasteiger partial charge in [0.05, 0.1) is 13.2 Å². The molecule has 1 N–H and O–H groups in total. The van der Waals surface area contributed by atoms with Crippen LogP contribution in [-0.2, 0) is 9.47 Å². The summed E-state index contributed by atoms with van der Waals surface area (Å²) in [5, 5.41) is 9.81. The predicted molar refractivity (Wildman–Crippen MR) is 85.3 cm³/mol. The van der Waals surface area contributed by atoms with Crippen molar-refractivity contribution in [2.75, 3.05) is 13.2 Å². The van der Waals surface area contributed by atoms with Gasteiger partial charge in [-0.3, -0.25) is 0 Å². The molecule has 0 aromatic rings. The lowest BCUT2D eigenvalue weighted by atomic mass is 9.55. The molecule has 0 spiro atoms. The van der Waals surface area contributed by atoms with Gasteiger partial charge >= 0.3 is 0 Å². The van der Waals surface area contributed by atoms with E-state index in [1.807, 2.05) is 6.92 Å². The van der Waals surface area contributed by atoms with Gasteiger partial charge < -0.3 is 14.6 Å². The zero-order valence-electron chi connectivity index (χ0n) is 14.0. The number of aliphatic hydroxyl groups is 1. The SMILES string of the molecule is CC1(OCC2C3CCCCC3CC3CCCCC32)COC1O. The molecule has 0 bridgehead atoms.